The van der Waals surface area contributed by atoms with Crippen LogP contribution in [-0.4, -0.2) is 21.1 Å². The molecule has 3 heterocycles. The number of carbonyl (C=O) groups is 1. The molecule has 5 rings (SSSR count). The van der Waals surface area contributed by atoms with Crippen molar-refractivity contribution < 1.29 is 4.79 Å². The number of carbonyl (C=O) groups excluding carboxylic acids is 1. The zero-order chi connectivity index (χ0) is 19.4. The molecule has 1 aliphatic rings. The number of hydrogen-bond donors (Lipinski definition) is 3. The van der Waals surface area contributed by atoms with Crippen LogP contribution in [0.3, 0.4) is 0 Å². The Bertz CT molecular complexity index is 1250. The summed E-state index contributed by atoms with van der Waals surface area (Å²) in [6, 6.07) is 12.7. The van der Waals surface area contributed by atoms with E-state index in [0.29, 0.717) is 21.3 Å². The van der Waals surface area contributed by atoms with Crippen LogP contribution in [0.5, 0.6) is 0 Å². The number of primary amides is 1. The van der Waals surface area contributed by atoms with Gasteiger partial charge in [0.25, 0.3) is 5.91 Å². The van der Waals surface area contributed by atoms with Crippen molar-refractivity contribution in [2.45, 2.75) is 6.04 Å². The number of nitrogens with zero attached hydrogens (tertiary/aromatic N) is 2. The molecule has 4 N–H and O–H groups in total. The van der Waals surface area contributed by atoms with Gasteiger partial charge in [-0.3, -0.25) is 4.79 Å². The topological polar surface area (TPSA) is 96.7 Å². The molecule has 2 aromatic heterocycles. The van der Waals surface area contributed by atoms with Crippen molar-refractivity contribution in [3.8, 4) is 11.1 Å². The van der Waals surface area contributed by atoms with Crippen molar-refractivity contribution in [3.05, 3.63) is 75.5 Å². The number of hydrogen-bond acceptors (Lipinski definition) is 4. The maximum atomic E-state index is 12.1. The molecule has 0 saturated carbocycles. The molecular formula is C20H13Cl2N5O. The molecular weight excluding hydrogens is 397 g/mol. The van der Waals surface area contributed by atoms with Gasteiger partial charge in [-0.25, -0.2) is 0 Å². The van der Waals surface area contributed by atoms with Crippen molar-refractivity contribution in [1.82, 2.24) is 15.2 Å². The van der Waals surface area contributed by atoms with Crippen molar-refractivity contribution in [2.75, 3.05) is 5.32 Å². The minimum Gasteiger partial charge on any atom is -0.373 e. The lowest BCUT2D eigenvalue weighted by Gasteiger charge is -2.21. The number of amides is 1. The predicted molar refractivity (Wildman–Crippen MR) is 110 cm³/mol. The smallest absolute Gasteiger partial charge is 0.269 e. The van der Waals surface area contributed by atoms with Gasteiger partial charge in [0.2, 0.25) is 0 Å². The van der Waals surface area contributed by atoms with Gasteiger partial charge < -0.3 is 16.0 Å². The summed E-state index contributed by atoms with van der Waals surface area (Å²) < 4.78 is 0. The SMILES string of the molecule is NC(=O)c1nnc2[nH]cc3c2c1-c1ccccc1NC3c1c(Cl)cccc1Cl. The summed E-state index contributed by atoms with van der Waals surface area (Å²) in [5.41, 5.74) is 10.2. The highest BCUT2D eigenvalue weighted by atomic mass is 35.5. The number of anilines is 1. The summed E-state index contributed by atoms with van der Waals surface area (Å²) >= 11 is 13.0. The molecule has 1 amide bonds. The highest BCUT2D eigenvalue weighted by Gasteiger charge is 2.31. The number of H-pyrrole nitrogens is 1. The van der Waals surface area contributed by atoms with Crippen LogP contribution in [-0.2, 0) is 0 Å². The van der Waals surface area contributed by atoms with Crippen LogP contribution in [0.4, 0.5) is 5.69 Å². The zero-order valence-corrected chi connectivity index (χ0v) is 15.8. The summed E-state index contributed by atoms with van der Waals surface area (Å²) in [6.45, 7) is 0. The second kappa shape index (κ2) is 6.22. The van der Waals surface area contributed by atoms with E-state index in [-0.39, 0.29) is 11.7 Å². The fourth-order valence-electron chi connectivity index (χ4n) is 3.77. The van der Waals surface area contributed by atoms with Crippen molar-refractivity contribution in [1.29, 1.82) is 0 Å². The molecule has 28 heavy (non-hydrogen) atoms. The Morgan fingerprint density at radius 3 is 2.54 bits per heavy atom. The second-order valence-electron chi connectivity index (χ2n) is 6.51. The van der Waals surface area contributed by atoms with Crippen molar-refractivity contribution >= 4 is 45.8 Å². The number of benzene rings is 2. The van der Waals surface area contributed by atoms with Crippen LogP contribution in [0.15, 0.2) is 48.7 Å². The summed E-state index contributed by atoms with van der Waals surface area (Å²) in [5, 5.41) is 13.6. The van der Waals surface area contributed by atoms with E-state index in [1.807, 2.05) is 30.5 Å². The van der Waals surface area contributed by atoms with Gasteiger partial charge in [0, 0.05) is 49.6 Å². The lowest BCUT2D eigenvalue weighted by atomic mass is 9.95. The van der Waals surface area contributed by atoms with E-state index in [4.69, 9.17) is 28.9 Å². The third-order valence-electron chi connectivity index (χ3n) is 4.96. The maximum absolute atomic E-state index is 12.1. The van der Waals surface area contributed by atoms with E-state index in [0.717, 1.165) is 27.8 Å². The number of aromatic nitrogens is 3. The minimum absolute atomic E-state index is 0.119. The van der Waals surface area contributed by atoms with Crippen LogP contribution < -0.4 is 11.1 Å². The monoisotopic (exact) mass is 409 g/mol. The molecule has 0 saturated heterocycles. The third-order valence-corrected chi connectivity index (χ3v) is 5.61. The van der Waals surface area contributed by atoms with Gasteiger partial charge in [0.15, 0.2) is 11.3 Å². The zero-order valence-electron chi connectivity index (χ0n) is 14.3. The summed E-state index contributed by atoms with van der Waals surface area (Å²) in [5.74, 6) is -0.638. The van der Waals surface area contributed by atoms with E-state index in [1.54, 1.807) is 18.2 Å². The first-order chi connectivity index (χ1) is 13.6. The first-order valence-electron chi connectivity index (χ1n) is 8.53. The van der Waals surface area contributed by atoms with Gasteiger partial charge in [0.05, 0.1) is 6.04 Å². The fraction of sp³-hybridized carbons (Fsp3) is 0.0500. The number of halogens is 2. The second-order valence-corrected chi connectivity index (χ2v) is 7.33. The normalized spacial score (nSPS) is 15.0. The molecule has 1 unspecified atom stereocenters. The molecule has 1 atom stereocenters. The third kappa shape index (κ3) is 2.38. The van der Waals surface area contributed by atoms with E-state index < -0.39 is 5.91 Å². The van der Waals surface area contributed by atoms with E-state index in [1.165, 1.54) is 0 Å². The Morgan fingerprint density at radius 1 is 1.04 bits per heavy atom. The molecule has 0 fully saturated rings. The maximum Gasteiger partial charge on any atom is 0.269 e. The van der Waals surface area contributed by atoms with Crippen LogP contribution in [0.2, 0.25) is 10.0 Å². The Balaban J connectivity index is 1.93. The van der Waals surface area contributed by atoms with E-state index >= 15 is 0 Å². The largest absolute Gasteiger partial charge is 0.373 e. The van der Waals surface area contributed by atoms with Gasteiger partial charge in [-0.2, -0.15) is 0 Å². The standard InChI is InChI=1S/C20H13Cl2N5O/c21-11-5-3-6-12(22)16(11)17-10-8-24-20-15(10)14(18(19(23)28)26-27-20)9-4-1-2-7-13(9)25-17/h1-8,17,25H,(H2,23,28)(H,24,27). The van der Waals surface area contributed by atoms with E-state index in [2.05, 4.69) is 20.5 Å². The molecule has 8 heteroatoms. The Morgan fingerprint density at radius 2 is 1.79 bits per heavy atom. The fourth-order valence-corrected chi connectivity index (χ4v) is 4.39. The number of fused-ring (bicyclic) bond motifs is 2. The number of aromatic amines is 1. The number of rotatable bonds is 2. The average molecular weight is 410 g/mol. The number of nitrogens with one attached hydrogen (secondary N) is 2. The Kier molecular flexibility index (Phi) is 3.79. The van der Waals surface area contributed by atoms with Gasteiger partial charge in [-0.15, -0.1) is 10.2 Å². The quantitative estimate of drug-likeness (QED) is 0.452. The first-order valence-corrected chi connectivity index (χ1v) is 9.29. The lowest BCUT2D eigenvalue weighted by Crippen LogP contribution is -2.15. The van der Waals surface area contributed by atoms with Crippen LogP contribution in [0.25, 0.3) is 22.2 Å². The highest BCUT2D eigenvalue weighted by Crippen LogP contribution is 2.46. The molecule has 0 radical (unpaired) electrons. The predicted octanol–water partition coefficient (Wildman–Crippen LogP) is 4.55. The van der Waals surface area contributed by atoms with Crippen LogP contribution in [0, 0.1) is 0 Å². The molecule has 0 spiro atoms. The van der Waals surface area contributed by atoms with Crippen LogP contribution >= 0.6 is 23.2 Å². The van der Waals surface area contributed by atoms with Gasteiger partial charge >= 0.3 is 0 Å². The molecule has 0 bridgehead atoms. The van der Waals surface area contributed by atoms with Gasteiger partial charge in [-0.05, 0) is 18.2 Å². The molecule has 0 aliphatic carbocycles. The average Bonchev–Trinajstić information content (AvgIpc) is 3.04. The summed E-state index contributed by atoms with van der Waals surface area (Å²) in [6.07, 6.45) is 1.83. The molecule has 1 aliphatic heterocycles. The van der Waals surface area contributed by atoms with Crippen molar-refractivity contribution in [2.24, 2.45) is 5.73 Å². The number of nitrogens with two attached hydrogens (primary N) is 1. The summed E-state index contributed by atoms with van der Waals surface area (Å²) in [4.78, 5) is 15.2. The first kappa shape index (κ1) is 17.0. The Labute approximate surface area is 169 Å². The molecule has 2 aromatic carbocycles. The van der Waals surface area contributed by atoms with Crippen molar-refractivity contribution in [3.63, 3.8) is 0 Å². The number of para-hydroxylation sites is 1. The Hall–Kier alpha value is -3.09. The van der Waals surface area contributed by atoms with Gasteiger partial charge in [-0.1, -0.05) is 47.5 Å². The van der Waals surface area contributed by atoms with Gasteiger partial charge in [0.1, 0.15) is 0 Å². The van der Waals surface area contributed by atoms with E-state index in [9.17, 15) is 4.79 Å². The minimum atomic E-state index is -0.638. The lowest BCUT2D eigenvalue weighted by molar-refractivity contribution is 0.0995. The molecule has 6 nitrogen and oxygen atoms in total. The molecule has 138 valence electrons. The summed E-state index contributed by atoms with van der Waals surface area (Å²) in [7, 11) is 0. The van der Waals surface area contributed by atoms with Crippen LogP contribution in [0.1, 0.15) is 27.7 Å². The highest BCUT2D eigenvalue weighted by molar-refractivity contribution is 6.36. The molecule has 4 aromatic rings.